The number of benzene rings is 2. The molecule has 1 heterocycles. The van der Waals surface area contributed by atoms with E-state index in [4.69, 9.17) is 14.0 Å². The average Bonchev–Trinajstić information content (AvgIpc) is 3.12. The predicted molar refractivity (Wildman–Crippen MR) is 97.6 cm³/mol. The molecule has 7 nitrogen and oxygen atoms in total. The molecule has 0 radical (unpaired) electrons. The molecule has 0 atom stereocenters. The van der Waals surface area contributed by atoms with Crippen molar-refractivity contribution >= 4 is 12.0 Å². The summed E-state index contributed by atoms with van der Waals surface area (Å²) in [6.45, 7) is -1.04. The Labute approximate surface area is 164 Å². The lowest BCUT2D eigenvalue weighted by Gasteiger charge is -2.05. The zero-order valence-corrected chi connectivity index (χ0v) is 15.2. The number of carbonyl (C=O) groups excluding carboxylic acids is 1. The summed E-state index contributed by atoms with van der Waals surface area (Å²) < 4.78 is 44.1. The molecule has 0 saturated heterocycles. The maximum atomic E-state index is 12.1. The minimum absolute atomic E-state index is 0.0382. The number of carbonyl (C=O) groups is 1. The van der Waals surface area contributed by atoms with Crippen LogP contribution in [0, 0.1) is 6.92 Å². The van der Waals surface area contributed by atoms with Gasteiger partial charge in [-0.15, -0.1) is 0 Å². The number of halogens is 2. The summed E-state index contributed by atoms with van der Waals surface area (Å²) in [6.07, 6.45) is 2.73. The molecule has 0 aliphatic carbocycles. The lowest BCUT2D eigenvalue weighted by molar-refractivity contribution is -0.128. The molecule has 150 valence electrons. The fraction of sp³-hybridized carbons (Fsp3) is 0.150. The Bertz CT molecular complexity index is 969. The van der Waals surface area contributed by atoms with Crippen LogP contribution in [0.4, 0.5) is 8.78 Å². The van der Waals surface area contributed by atoms with Crippen molar-refractivity contribution in [2.75, 3.05) is 0 Å². The van der Waals surface area contributed by atoms with E-state index in [1.54, 1.807) is 43.3 Å². The fourth-order valence-corrected chi connectivity index (χ4v) is 2.22. The standard InChI is InChI=1S/C20H16F2N2O5/c1-13-23-18(29-24-13)12-26-15-7-9-16(10-8-15)27-19(25)11-4-14-2-5-17(6-3-14)28-20(21)22/h2-11,20H,12H2,1H3/b11-4+. The highest BCUT2D eigenvalue weighted by Gasteiger charge is 2.06. The highest BCUT2D eigenvalue weighted by molar-refractivity contribution is 5.88. The third-order valence-electron chi connectivity index (χ3n) is 3.49. The normalized spacial score (nSPS) is 11.0. The molecule has 0 saturated carbocycles. The van der Waals surface area contributed by atoms with Crippen molar-refractivity contribution in [1.82, 2.24) is 10.1 Å². The molecule has 0 unspecified atom stereocenters. The van der Waals surface area contributed by atoms with Gasteiger partial charge < -0.3 is 18.7 Å². The molecule has 0 N–H and O–H groups in total. The molecule has 1 aromatic heterocycles. The zero-order valence-electron chi connectivity index (χ0n) is 15.2. The van der Waals surface area contributed by atoms with E-state index in [2.05, 4.69) is 14.9 Å². The summed E-state index contributed by atoms with van der Waals surface area (Å²) in [5.41, 5.74) is 0.628. The van der Waals surface area contributed by atoms with Crippen LogP contribution in [-0.2, 0) is 11.4 Å². The number of aromatic nitrogens is 2. The summed E-state index contributed by atoms with van der Waals surface area (Å²) >= 11 is 0. The Morgan fingerprint density at radius 3 is 2.34 bits per heavy atom. The third kappa shape index (κ3) is 6.42. The van der Waals surface area contributed by atoms with Gasteiger partial charge in [0, 0.05) is 6.08 Å². The number of nitrogens with zero attached hydrogens (tertiary/aromatic N) is 2. The van der Waals surface area contributed by atoms with Gasteiger partial charge in [-0.2, -0.15) is 13.8 Å². The van der Waals surface area contributed by atoms with Gasteiger partial charge >= 0.3 is 12.6 Å². The number of rotatable bonds is 8. The van der Waals surface area contributed by atoms with E-state index in [1.165, 1.54) is 24.3 Å². The van der Waals surface area contributed by atoms with Crippen LogP contribution in [0.3, 0.4) is 0 Å². The van der Waals surface area contributed by atoms with Crippen LogP contribution in [0.25, 0.3) is 6.08 Å². The Kier molecular flexibility index (Phi) is 6.51. The van der Waals surface area contributed by atoms with Crippen LogP contribution in [0.2, 0.25) is 0 Å². The van der Waals surface area contributed by atoms with Crippen LogP contribution in [0.1, 0.15) is 17.3 Å². The number of alkyl halides is 2. The summed E-state index contributed by atoms with van der Waals surface area (Å²) in [5.74, 6) is 1.21. The summed E-state index contributed by atoms with van der Waals surface area (Å²) in [6, 6.07) is 12.3. The van der Waals surface area contributed by atoms with E-state index in [9.17, 15) is 13.6 Å². The zero-order chi connectivity index (χ0) is 20.6. The maximum Gasteiger partial charge on any atom is 0.387 e. The molecule has 0 aliphatic heterocycles. The first-order chi connectivity index (χ1) is 14.0. The Morgan fingerprint density at radius 1 is 1.07 bits per heavy atom. The van der Waals surface area contributed by atoms with Crippen molar-refractivity contribution < 1.29 is 32.3 Å². The van der Waals surface area contributed by atoms with Crippen molar-refractivity contribution in [2.45, 2.75) is 20.1 Å². The highest BCUT2D eigenvalue weighted by atomic mass is 19.3. The Morgan fingerprint density at radius 2 is 1.72 bits per heavy atom. The van der Waals surface area contributed by atoms with Crippen LogP contribution < -0.4 is 14.2 Å². The van der Waals surface area contributed by atoms with E-state index in [0.717, 1.165) is 0 Å². The molecule has 0 bridgehead atoms. The second-order valence-electron chi connectivity index (χ2n) is 5.70. The topological polar surface area (TPSA) is 83.7 Å². The fourth-order valence-electron chi connectivity index (χ4n) is 2.22. The third-order valence-corrected chi connectivity index (χ3v) is 3.49. The summed E-state index contributed by atoms with van der Waals surface area (Å²) in [5, 5.41) is 3.66. The second-order valence-corrected chi connectivity index (χ2v) is 5.70. The average molecular weight is 402 g/mol. The molecule has 3 aromatic rings. The minimum Gasteiger partial charge on any atom is -0.484 e. The van der Waals surface area contributed by atoms with Gasteiger partial charge in [0.05, 0.1) is 0 Å². The van der Waals surface area contributed by atoms with Gasteiger partial charge in [0.2, 0.25) is 0 Å². The van der Waals surface area contributed by atoms with Crippen LogP contribution in [0.15, 0.2) is 59.1 Å². The first-order valence-corrected chi connectivity index (χ1v) is 8.45. The van der Waals surface area contributed by atoms with Gasteiger partial charge in [-0.25, -0.2) is 4.79 Å². The Balaban J connectivity index is 1.49. The van der Waals surface area contributed by atoms with Crippen LogP contribution in [-0.4, -0.2) is 22.7 Å². The van der Waals surface area contributed by atoms with E-state index in [-0.39, 0.29) is 12.4 Å². The SMILES string of the molecule is Cc1noc(COc2ccc(OC(=O)/C=C/c3ccc(OC(F)F)cc3)cc2)n1. The lowest BCUT2D eigenvalue weighted by atomic mass is 10.2. The lowest BCUT2D eigenvalue weighted by Crippen LogP contribution is -2.03. The van der Waals surface area contributed by atoms with Gasteiger partial charge in [-0.05, 0) is 55.0 Å². The Hall–Kier alpha value is -3.75. The number of ether oxygens (including phenoxy) is 3. The van der Waals surface area contributed by atoms with Crippen molar-refractivity contribution in [3.05, 3.63) is 71.9 Å². The van der Waals surface area contributed by atoms with Crippen LogP contribution >= 0.6 is 0 Å². The molecule has 3 rings (SSSR count). The molecule has 9 heteroatoms. The van der Waals surface area contributed by atoms with Crippen molar-refractivity contribution in [1.29, 1.82) is 0 Å². The number of hydrogen-bond donors (Lipinski definition) is 0. The number of aryl methyl sites for hydroxylation is 1. The molecular formula is C20H16F2N2O5. The molecule has 0 spiro atoms. The first kappa shape index (κ1) is 20.0. The smallest absolute Gasteiger partial charge is 0.387 e. The molecule has 2 aromatic carbocycles. The van der Waals surface area contributed by atoms with E-state index >= 15 is 0 Å². The van der Waals surface area contributed by atoms with Crippen molar-refractivity contribution in [2.24, 2.45) is 0 Å². The maximum absolute atomic E-state index is 12.1. The van der Waals surface area contributed by atoms with Crippen molar-refractivity contribution in [3.8, 4) is 17.2 Å². The quantitative estimate of drug-likeness (QED) is 0.318. The molecular weight excluding hydrogens is 386 g/mol. The number of hydrogen-bond acceptors (Lipinski definition) is 7. The monoisotopic (exact) mass is 402 g/mol. The summed E-state index contributed by atoms with van der Waals surface area (Å²) in [4.78, 5) is 15.9. The van der Waals surface area contributed by atoms with Crippen molar-refractivity contribution in [3.63, 3.8) is 0 Å². The van der Waals surface area contributed by atoms with Gasteiger partial charge in [-0.1, -0.05) is 17.3 Å². The largest absolute Gasteiger partial charge is 0.484 e. The highest BCUT2D eigenvalue weighted by Crippen LogP contribution is 2.19. The number of esters is 1. The van der Waals surface area contributed by atoms with E-state index in [1.807, 2.05) is 0 Å². The predicted octanol–water partition coefficient (Wildman–Crippen LogP) is 4.18. The van der Waals surface area contributed by atoms with Gasteiger partial charge in [0.1, 0.15) is 17.2 Å². The van der Waals surface area contributed by atoms with E-state index < -0.39 is 12.6 Å². The molecule has 0 fully saturated rings. The van der Waals surface area contributed by atoms with Gasteiger partial charge in [0.15, 0.2) is 12.4 Å². The second kappa shape index (κ2) is 9.45. The van der Waals surface area contributed by atoms with Crippen LogP contribution in [0.5, 0.6) is 17.2 Å². The summed E-state index contributed by atoms with van der Waals surface area (Å²) in [7, 11) is 0. The molecule has 0 amide bonds. The molecule has 0 aliphatic rings. The first-order valence-electron chi connectivity index (χ1n) is 8.45. The van der Waals surface area contributed by atoms with E-state index in [0.29, 0.717) is 28.8 Å². The molecule has 29 heavy (non-hydrogen) atoms. The minimum atomic E-state index is -2.88. The van der Waals surface area contributed by atoms with Gasteiger partial charge in [0.25, 0.3) is 5.89 Å². The van der Waals surface area contributed by atoms with Gasteiger partial charge in [-0.3, -0.25) is 0 Å².